The van der Waals surface area contributed by atoms with Crippen LogP contribution in [0.2, 0.25) is 0 Å². The number of nitrogens with zero attached hydrogens (tertiary/aromatic N) is 1. The lowest BCUT2D eigenvalue weighted by Gasteiger charge is -2.34. The number of amides is 1. The summed E-state index contributed by atoms with van der Waals surface area (Å²) >= 11 is 0. The van der Waals surface area contributed by atoms with Crippen molar-refractivity contribution in [1.29, 1.82) is 5.26 Å². The predicted molar refractivity (Wildman–Crippen MR) is 50.2 cm³/mol. The van der Waals surface area contributed by atoms with Crippen LogP contribution in [-0.2, 0) is 9.53 Å². The van der Waals surface area contributed by atoms with Crippen molar-refractivity contribution < 1.29 is 9.53 Å². The van der Waals surface area contributed by atoms with Crippen LogP contribution < -0.4 is 10.6 Å². The lowest BCUT2D eigenvalue weighted by molar-refractivity contribution is -0.134. The Kier molecular flexibility index (Phi) is 3.86. The Labute approximate surface area is 83.4 Å². The van der Waals surface area contributed by atoms with Crippen LogP contribution >= 0.6 is 0 Å². The van der Waals surface area contributed by atoms with Crippen molar-refractivity contribution >= 4 is 5.91 Å². The highest BCUT2D eigenvalue weighted by Crippen LogP contribution is 2.29. The van der Waals surface area contributed by atoms with E-state index in [1.54, 1.807) is 13.3 Å². The van der Waals surface area contributed by atoms with Crippen LogP contribution in [0.1, 0.15) is 12.8 Å². The fourth-order valence-corrected chi connectivity index (χ4v) is 1.80. The molecule has 14 heavy (non-hydrogen) atoms. The molecule has 2 N–H and O–H groups in total. The second-order valence-electron chi connectivity index (χ2n) is 3.53. The van der Waals surface area contributed by atoms with E-state index < -0.39 is 5.41 Å². The van der Waals surface area contributed by atoms with Gasteiger partial charge in [-0.1, -0.05) is 0 Å². The molecule has 0 radical (unpaired) electrons. The van der Waals surface area contributed by atoms with E-state index in [9.17, 15) is 4.79 Å². The molecular formula is C9H15N3O2. The molecule has 0 aromatic heterocycles. The van der Waals surface area contributed by atoms with Gasteiger partial charge in [0.25, 0.3) is 0 Å². The van der Waals surface area contributed by atoms with Gasteiger partial charge in [-0.25, -0.2) is 0 Å². The third kappa shape index (κ3) is 2.22. The van der Waals surface area contributed by atoms with Gasteiger partial charge >= 0.3 is 0 Å². The average molecular weight is 197 g/mol. The van der Waals surface area contributed by atoms with Crippen molar-refractivity contribution in [1.82, 2.24) is 10.6 Å². The predicted octanol–water partition coefficient (Wildman–Crippen LogP) is -0.400. The smallest absolute Gasteiger partial charge is 0.241 e. The third-order valence-corrected chi connectivity index (χ3v) is 2.63. The fraction of sp³-hybridized carbons (Fsp3) is 0.778. The minimum absolute atomic E-state index is 0.219. The lowest BCUT2D eigenvalue weighted by Crippen LogP contribution is -2.49. The van der Waals surface area contributed by atoms with Crippen molar-refractivity contribution in [3.63, 3.8) is 0 Å². The van der Waals surface area contributed by atoms with E-state index in [-0.39, 0.29) is 5.91 Å². The summed E-state index contributed by atoms with van der Waals surface area (Å²) in [6, 6.07) is 0. The molecule has 5 heteroatoms. The van der Waals surface area contributed by atoms with E-state index in [4.69, 9.17) is 10.00 Å². The Morgan fingerprint density at radius 1 is 1.64 bits per heavy atom. The van der Waals surface area contributed by atoms with Gasteiger partial charge in [0.05, 0.1) is 12.0 Å². The summed E-state index contributed by atoms with van der Waals surface area (Å²) in [5.74, 6) is -0.219. The first-order valence-corrected chi connectivity index (χ1v) is 4.64. The molecule has 0 aromatic carbocycles. The van der Waals surface area contributed by atoms with Crippen LogP contribution in [0.5, 0.6) is 0 Å². The zero-order chi connectivity index (χ0) is 10.4. The maximum absolute atomic E-state index is 11.7. The average Bonchev–Trinajstić information content (AvgIpc) is 2.20. The number of hydrogen-bond acceptors (Lipinski definition) is 4. The summed E-state index contributed by atoms with van der Waals surface area (Å²) in [6.07, 6.45) is 3.11. The maximum Gasteiger partial charge on any atom is 0.241 e. The molecule has 0 atom stereocenters. The number of methoxy groups -OCH3 is 1. The molecule has 0 aliphatic carbocycles. The van der Waals surface area contributed by atoms with Crippen molar-refractivity contribution in [2.24, 2.45) is 5.41 Å². The number of ether oxygens (including phenoxy) is 1. The van der Waals surface area contributed by atoms with Crippen LogP contribution in [0.4, 0.5) is 0 Å². The first-order chi connectivity index (χ1) is 6.75. The molecule has 0 unspecified atom stereocenters. The van der Waals surface area contributed by atoms with E-state index >= 15 is 0 Å². The van der Waals surface area contributed by atoms with Crippen LogP contribution in [0, 0.1) is 16.9 Å². The first-order valence-electron chi connectivity index (χ1n) is 4.64. The summed E-state index contributed by atoms with van der Waals surface area (Å²) in [4.78, 5) is 11.7. The first kappa shape index (κ1) is 11.0. The molecule has 5 nitrogen and oxygen atoms in total. The molecule has 0 spiro atoms. The molecule has 1 aliphatic heterocycles. The normalized spacial score (nSPS) is 19.7. The Morgan fingerprint density at radius 2 is 2.29 bits per heavy atom. The van der Waals surface area contributed by atoms with E-state index in [2.05, 4.69) is 10.6 Å². The number of rotatable bonds is 3. The Balaban J connectivity index is 2.69. The highest BCUT2D eigenvalue weighted by molar-refractivity contribution is 5.84. The molecule has 0 aromatic rings. The zero-order valence-corrected chi connectivity index (χ0v) is 8.30. The van der Waals surface area contributed by atoms with Crippen LogP contribution in [0.3, 0.4) is 0 Å². The van der Waals surface area contributed by atoms with Crippen molar-refractivity contribution in [2.45, 2.75) is 12.8 Å². The number of piperidine rings is 1. The number of hydrogen-bond donors (Lipinski definition) is 2. The fourth-order valence-electron chi connectivity index (χ4n) is 1.80. The van der Waals surface area contributed by atoms with Gasteiger partial charge in [-0.05, 0) is 25.9 Å². The molecule has 1 rings (SSSR count). The molecule has 0 bridgehead atoms. The Morgan fingerprint density at radius 3 is 2.79 bits per heavy atom. The molecule has 1 amide bonds. The van der Waals surface area contributed by atoms with Gasteiger partial charge in [0.2, 0.25) is 5.91 Å². The molecule has 78 valence electrons. The van der Waals surface area contributed by atoms with Gasteiger partial charge in [0.15, 0.2) is 6.19 Å². The van der Waals surface area contributed by atoms with E-state index in [1.165, 1.54) is 0 Å². The van der Waals surface area contributed by atoms with Crippen LogP contribution in [0.25, 0.3) is 0 Å². The number of nitrogens with one attached hydrogen (secondary N) is 2. The number of carbonyl (C=O) groups is 1. The second-order valence-corrected chi connectivity index (χ2v) is 3.53. The minimum Gasteiger partial charge on any atom is -0.384 e. The monoisotopic (exact) mass is 197 g/mol. The molecule has 1 fully saturated rings. The highest BCUT2D eigenvalue weighted by Gasteiger charge is 2.39. The Bertz CT molecular complexity index is 235. The number of carbonyl (C=O) groups excluding carboxylic acids is 1. The number of nitriles is 1. The quantitative estimate of drug-likeness (QED) is 0.477. The van der Waals surface area contributed by atoms with Gasteiger partial charge in [0.1, 0.15) is 0 Å². The van der Waals surface area contributed by atoms with Crippen molar-refractivity contribution in [2.75, 3.05) is 26.8 Å². The third-order valence-electron chi connectivity index (χ3n) is 2.63. The SMILES string of the molecule is COCC1(C(=O)NC#N)CCNCC1. The minimum atomic E-state index is -0.518. The highest BCUT2D eigenvalue weighted by atomic mass is 16.5. The summed E-state index contributed by atoms with van der Waals surface area (Å²) in [5.41, 5.74) is -0.518. The Hall–Kier alpha value is -1.12. The van der Waals surface area contributed by atoms with Crippen LogP contribution in [-0.4, -0.2) is 32.7 Å². The largest absolute Gasteiger partial charge is 0.384 e. The summed E-state index contributed by atoms with van der Waals surface area (Å²) in [7, 11) is 1.57. The molecular weight excluding hydrogens is 182 g/mol. The summed E-state index contributed by atoms with van der Waals surface area (Å²) in [5, 5.41) is 13.8. The molecule has 1 saturated heterocycles. The van der Waals surface area contributed by atoms with Gasteiger partial charge in [-0.2, -0.15) is 5.26 Å². The van der Waals surface area contributed by atoms with Gasteiger partial charge in [-0.3, -0.25) is 10.1 Å². The van der Waals surface area contributed by atoms with Gasteiger partial charge < -0.3 is 10.1 Å². The van der Waals surface area contributed by atoms with Crippen molar-refractivity contribution in [3.05, 3.63) is 0 Å². The van der Waals surface area contributed by atoms with Crippen LogP contribution in [0.15, 0.2) is 0 Å². The summed E-state index contributed by atoms with van der Waals surface area (Å²) < 4.78 is 5.05. The molecule has 0 saturated carbocycles. The van der Waals surface area contributed by atoms with E-state index in [0.717, 1.165) is 13.1 Å². The molecule has 1 heterocycles. The lowest BCUT2D eigenvalue weighted by atomic mass is 9.79. The second kappa shape index (κ2) is 4.94. The maximum atomic E-state index is 11.7. The standard InChI is InChI=1S/C9H15N3O2/c1-14-6-9(8(13)12-7-10)2-4-11-5-3-9/h11H,2-6H2,1H3,(H,12,13). The molecule has 1 aliphatic rings. The van der Waals surface area contributed by atoms with E-state index in [1.807, 2.05) is 0 Å². The topological polar surface area (TPSA) is 74.1 Å². The van der Waals surface area contributed by atoms with Gasteiger partial charge in [-0.15, -0.1) is 0 Å². The zero-order valence-electron chi connectivity index (χ0n) is 8.30. The van der Waals surface area contributed by atoms with Crippen molar-refractivity contribution in [3.8, 4) is 6.19 Å². The summed E-state index contributed by atoms with van der Waals surface area (Å²) in [6.45, 7) is 1.96. The van der Waals surface area contributed by atoms with Gasteiger partial charge in [0, 0.05) is 7.11 Å². The van der Waals surface area contributed by atoms with E-state index in [0.29, 0.717) is 19.4 Å².